The van der Waals surface area contributed by atoms with Gasteiger partial charge in [-0.1, -0.05) is 6.07 Å². The van der Waals surface area contributed by atoms with Crippen molar-refractivity contribution in [3.63, 3.8) is 0 Å². The molecule has 2 rings (SSSR count). The lowest BCUT2D eigenvalue weighted by Crippen LogP contribution is -2.47. The van der Waals surface area contributed by atoms with Gasteiger partial charge in [0.15, 0.2) is 9.84 Å². The number of nitrogens with zero attached hydrogens (tertiary/aromatic N) is 1. The Labute approximate surface area is 142 Å². The molecule has 0 radical (unpaired) electrons. The highest BCUT2D eigenvalue weighted by Crippen LogP contribution is 2.30. The first kappa shape index (κ1) is 18.9. The number of aliphatic carboxylic acids is 1. The van der Waals surface area contributed by atoms with Gasteiger partial charge in [-0.3, -0.25) is 4.79 Å². The zero-order valence-electron chi connectivity index (χ0n) is 13.8. The third-order valence-corrected chi connectivity index (χ3v) is 7.58. The Kier molecular flexibility index (Phi) is 5.08. The molecule has 1 saturated heterocycles. The van der Waals surface area contributed by atoms with Crippen molar-refractivity contribution < 1.29 is 26.7 Å². The molecule has 2 unspecified atom stereocenters. The van der Waals surface area contributed by atoms with E-state index in [1.54, 1.807) is 13.8 Å². The maximum absolute atomic E-state index is 13.0. The van der Waals surface area contributed by atoms with Gasteiger partial charge in [-0.05, 0) is 44.4 Å². The first-order chi connectivity index (χ1) is 10.9. The minimum absolute atomic E-state index is 0.0777. The number of carboxylic acid groups (broad SMARTS) is 1. The number of rotatable bonds is 4. The molecule has 1 N–H and O–H groups in total. The summed E-state index contributed by atoms with van der Waals surface area (Å²) in [7, 11) is -7.53. The summed E-state index contributed by atoms with van der Waals surface area (Å²) in [5.41, 5.74) is 0.423. The van der Waals surface area contributed by atoms with Gasteiger partial charge in [-0.25, -0.2) is 16.8 Å². The van der Waals surface area contributed by atoms with E-state index >= 15 is 0 Å². The molecule has 1 aromatic rings. The van der Waals surface area contributed by atoms with E-state index in [0.717, 1.165) is 12.3 Å². The molecule has 1 aliphatic heterocycles. The van der Waals surface area contributed by atoms with Crippen LogP contribution in [0.5, 0.6) is 0 Å². The van der Waals surface area contributed by atoms with E-state index in [9.17, 15) is 26.7 Å². The Morgan fingerprint density at radius 2 is 1.83 bits per heavy atom. The van der Waals surface area contributed by atoms with Gasteiger partial charge in [0, 0.05) is 18.8 Å². The van der Waals surface area contributed by atoms with Crippen LogP contribution in [0.1, 0.15) is 25.3 Å². The second kappa shape index (κ2) is 6.45. The highest BCUT2D eigenvalue weighted by molar-refractivity contribution is 7.91. The van der Waals surface area contributed by atoms with E-state index in [1.165, 1.54) is 16.4 Å². The molecule has 24 heavy (non-hydrogen) atoms. The summed E-state index contributed by atoms with van der Waals surface area (Å²) in [6.07, 6.45) is 1.88. The van der Waals surface area contributed by atoms with Crippen molar-refractivity contribution in [3.05, 3.63) is 23.8 Å². The van der Waals surface area contributed by atoms with Crippen LogP contribution in [0.4, 0.5) is 0 Å². The summed E-state index contributed by atoms with van der Waals surface area (Å²) in [6.45, 7) is 3.20. The van der Waals surface area contributed by atoms with Gasteiger partial charge in [0.1, 0.15) is 0 Å². The van der Waals surface area contributed by atoms with Crippen LogP contribution in [0.25, 0.3) is 0 Å². The summed E-state index contributed by atoms with van der Waals surface area (Å²) in [6, 6.07) is 3.62. The maximum Gasteiger partial charge on any atom is 0.307 e. The van der Waals surface area contributed by atoms with Crippen LogP contribution in [0, 0.1) is 12.8 Å². The molecule has 2 atom stereocenters. The SMILES string of the molecule is Cc1ccc(S(C)(=O)=O)cc1S(=O)(=O)N1CC(C(=O)O)CCC1C. The summed E-state index contributed by atoms with van der Waals surface area (Å²) in [4.78, 5) is 11.0. The molecule has 0 saturated carbocycles. The molecular formula is C15H21NO6S2. The molecule has 0 bridgehead atoms. The lowest BCUT2D eigenvalue weighted by molar-refractivity contribution is -0.143. The molecule has 1 aliphatic rings. The minimum Gasteiger partial charge on any atom is -0.481 e. The van der Waals surface area contributed by atoms with Crippen LogP contribution >= 0.6 is 0 Å². The van der Waals surface area contributed by atoms with E-state index in [2.05, 4.69) is 0 Å². The van der Waals surface area contributed by atoms with Crippen molar-refractivity contribution in [2.75, 3.05) is 12.8 Å². The number of piperidine rings is 1. The van der Waals surface area contributed by atoms with Crippen molar-refractivity contribution in [3.8, 4) is 0 Å². The Morgan fingerprint density at radius 1 is 1.21 bits per heavy atom. The average molecular weight is 375 g/mol. The zero-order chi connectivity index (χ0) is 18.3. The molecule has 1 aromatic carbocycles. The predicted molar refractivity (Wildman–Crippen MR) is 88.0 cm³/mol. The molecule has 1 heterocycles. The zero-order valence-corrected chi connectivity index (χ0v) is 15.4. The van der Waals surface area contributed by atoms with Crippen molar-refractivity contribution in [2.24, 2.45) is 5.92 Å². The first-order valence-electron chi connectivity index (χ1n) is 7.50. The molecule has 0 spiro atoms. The van der Waals surface area contributed by atoms with Gasteiger partial charge < -0.3 is 5.11 Å². The third kappa shape index (κ3) is 3.62. The number of carboxylic acids is 1. The smallest absolute Gasteiger partial charge is 0.307 e. The topological polar surface area (TPSA) is 109 Å². The van der Waals surface area contributed by atoms with Crippen LogP contribution in [-0.4, -0.2) is 51.1 Å². The number of carbonyl (C=O) groups is 1. The second-order valence-corrected chi connectivity index (χ2v) is 10.1. The number of hydrogen-bond donors (Lipinski definition) is 1. The first-order valence-corrected chi connectivity index (χ1v) is 10.8. The van der Waals surface area contributed by atoms with Crippen molar-refractivity contribution in [2.45, 2.75) is 42.5 Å². The Morgan fingerprint density at radius 3 is 2.38 bits per heavy atom. The van der Waals surface area contributed by atoms with E-state index in [4.69, 9.17) is 0 Å². The summed E-state index contributed by atoms with van der Waals surface area (Å²) >= 11 is 0. The fourth-order valence-corrected chi connectivity index (χ4v) is 5.51. The van der Waals surface area contributed by atoms with Gasteiger partial charge in [-0.15, -0.1) is 0 Å². The number of benzene rings is 1. The molecule has 0 aromatic heterocycles. The molecule has 0 aliphatic carbocycles. The summed E-state index contributed by atoms with van der Waals surface area (Å²) in [5.74, 6) is -1.78. The molecule has 134 valence electrons. The van der Waals surface area contributed by atoms with Gasteiger partial charge in [0.25, 0.3) is 0 Å². The molecule has 1 fully saturated rings. The third-order valence-electron chi connectivity index (χ3n) is 4.35. The molecule has 9 heteroatoms. The summed E-state index contributed by atoms with van der Waals surface area (Å²) < 4.78 is 50.6. The Bertz CT molecular complexity index is 860. The van der Waals surface area contributed by atoms with Crippen molar-refractivity contribution in [1.29, 1.82) is 0 Å². The largest absolute Gasteiger partial charge is 0.481 e. The number of aryl methyl sites for hydroxylation is 1. The van der Waals surface area contributed by atoms with Crippen molar-refractivity contribution >= 4 is 25.8 Å². The fourth-order valence-electron chi connectivity index (χ4n) is 2.83. The predicted octanol–water partition coefficient (Wildman–Crippen LogP) is 1.27. The van der Waals surface area contributed by atoms with E-state index in [-0.39, 0.29) is 22.4 Å². The lowest BCUT2D eigenvalue weighted by Gasteiger charge is -2.35. The van der Waals surface area contributed by atoms with Crippen LogP contribution in [-0.2, 0) is 24.7 Å². The van der Waals surface area contributed by atoms with Gasteiger partial charge >= 0.3 is 5.97 Å². The molecule has 0 amide bonds. The average Bonchev–Trinajstić information content (AvgIpc) is 2.46. The standard InChI is InChI=1S/C15H21NO6S2/c1-10-4-7-13(23(3,19)20)8-14(10)24(21,22)16-9-12(15(17)18)6-5-11(16)2/h4,7-8,11-12H,5-6,9H2,1-3H3,(H,17,18). The fraction of sp³-hybridized carbons (Fsp3) is 0.533. The van der Waals surface area contributed by atoms with E-state index in [0.29, 0.717) is 18.4 Å². The number of sulfonamides is 1. The monoisotopic (exact) mass is 375 g/mol. The van der Waals surface area contributed by atoms with E-state index in [1.807, 2.05) is 0 Å². The molecular weight excluding hydrogens is 354 g/mol. The normalized spacial score (nSPS) is 23.1. The Balaban J connectivity index is 2.51. The second-order valence-electron chi connectivity index (χ2n) is 6.24. The Hall–Kier alpha value is -1.45. The van der Waals surface area contributed by atoms with Crippen LogP contribution < -0.4 is 0 Å². The minimum atomic E-state index is -3.99. The van der Waals surface area contributed by atoms with Crippen LogP contribution in [0.15, 0.2) is 28.0 Å². The molecule has 7 nitrogen and oxygen atoms in total. The van der Waals surface area contributed by atoms with Crippen LogP contribution in [0.2, 0.25) is 0 Å². The highest BCUT2D eigenvalue weighted by Gasteiger charge is 2.38. The van der Waals surface area contributed by atoms with Gasteiger partial charge in [-0.2, -0.15) is 4.31 Å². The maximum atomic E-state index is 13.0. The van der Waals surface area contributed by atoms with E-state index < -0.39 is 31.7 Å². The number of hydrogen-bond acceptors (Lipinski definition) is 5. The highest BCUT2D eigenvalue weighted by atomic mass is 32.2. The number of sulfone groups is 1. The lowest BCUT2D eigenvalue weighted by atomic mass is 9.96. The summed E-state index contributed by atoms with van der Waals surface area (Å²) in [5, 5.41) is 9.18. The van der Waals surface area contributed by atoms with Gasteiger partial charge in [0.2, 0.25) is 10.0 Å². The quantitative estimate of drug-likeness (QED) is 0.849. The van der Waals surface area contributed by atoms with Crippen LogP contribution in [0.3, 0.4) is 0 Å². The van der Waals surface area contributed by atoms with Gasteiger partial charge in [0.05, 0.1) is 15.7 Å². The van der Waals surface area contributed by atoms with Crippen molar-refractivity contribution in [1.82, 2.24) is 4.31 Å².